The molecule has 0 unspecified atom stereocenters. The van der Waals surface area contributed by atoms with Crippen LogP contribution in [0.2, 0.25) is 0 Å². The van der Waals surface area contributed by atoms with E-state index in [9.17, 15) is 4.79 Å². The average Bonchev–Trinajstić information content (AvgIpc) is 2.61. The van der Waals surface area contributed by atoms with Gasteiger partial charge in [-0.05, 0) is 43.5 Å². The van der Waals surface area contributed by atoms with Gasteiger partial charge in [0, 0.05) is 24.0 Å². The highest BCUT2D eigenvalue weighted by Crippen LogP contribution is 2.33. The third-order valence-corrected chi connectivity index (χ3v) is 4.61. The minimum Gasteiger partial charge on any atom is -0.486 e. The molecule has 25 heavy (non-hydrogen) atoms. The van der Waals surface area contributed by atoms with Crippen LogP contribution in [0, 0.1) is 6.92 Å². The van der Waals surface area contributed by atoms with Crippen molar-refractivity contribution in [3.8, 4) is 11.5 Å². The van der Waals surface area contributed by atoms with Gasteiger partial charge in [-0.1, -0.05) is 17.7 Å². The fraction of sp³-hybridized carbons (Fsp3) is 0.350. The van der Waals surface area contributed by atoms with Crippen LogP contribution in [0.25, 0.3) is 0 Å². The Bertz CT molecular complexity index is 804. The molecule has 0 aliphatic carbocycles. The van der Waals surface area contributed by atoms with Crippen molar-refractivity contribution in [2.24, 2.45) is 0 Å². The Balaban J connectivity index is 1.45. The summed E-state index contributed by atoms with van der Waals surface area (Å²) < 4.78 is 11.1. The second kappa shape index (κ2) is 6.67. The monoisotopic (exact) mass is 338 g/mol. The summed E-state index contributed by atoms with van der Waals surface area (Å²) in [7, 11) is 0. The molecule has 0 fully saturated rings. The summed E-state index contributed by atoms with van der Waals surface area (Å²) >= 11 is 0. The molecule has 0 saturated heterocycles. The van der Waals surface area contributed by atoms with E-state index in [0.717, 1.165) is 30.8 Å². The summed E-state index contributed by atoms with van der Waals surface area (Å²) in [6.45, 7) is 4.46. The molecule has 0 aromatic heterocycles. The molecule has 0 radical (unpaired) electrons. The fourth-order valence-corrected chi connectivity index (χ4v) is 3.46. The van der Waals surface area contributed by atoms with E-state index >= 15 is 0 Å². The highest BCUT2D eigenvalue weighted by atomic mass is 16.6. The van der Waals surface area contributed by atoms with Crippen LogP contribution in [-0.4, -0.2) is 32.2 Å². The van der Waals surface area contributed by atoms with E-state index in [1.165, 1.54) is 16.8 Å². The number of fused-ring (bicyclic) bond motifs is 2. The van der Waals surface area contributed by atoms with Crippen LogP contribution in [0.5, 0.6) is 11.5 Å². The van der Waals surface area contributed by atoms with Gasteiger partial charge < -0.3 is 19.7 Å². The van der Waals surface area contributed by atoms with E-state index in [1.807, 2.05) is 18.2 Å². The summed E-state index contributed by atoms with van der Waals surface area (Å²) in [5.74, 6) is 1.39. The van der Waals surface area contributed by atoms with Crippen molar-refractivity contribution in [1.29, 1.82) is 0 Å². The van der Waals surface area contributed by atoms with Gasteiger partial charge >= 0.3 is 0 Å². The Hall–Kier alpha value is -2.69. The number of aryl methyl sites for hydroxylation is 2. The highest BCUT2D eigenvalue weighted by molar-refractivity contribution is 5.94. The van der Waals surface area contributed by atoms with Crippen molar-refractivity contribution in [1.82, 2.24) is 0 Å². The predicted molar refractivity (Wildman–Crippen MR) is 97.8 cm³/mol. The zero-order chi connectivity index (χ0) is 17.2. The molecule has 2 aliphatic rings. The molecule has 1 N–H and O–H groups in total. The van der Waals surface area contributed by atoms with Crippen molar-refractivity contribution in [3.05, 3.63) is 47.5 Å². The smallest absolute Gasteiger partial charge is 0.243 e. The normalized spacial score (nSPS) is 15.5. The standard InChI is InChI=1S/C20H22N2O3/c1-14-4-6-17-15(11-14)3-2-8-22(17)13-20(23)21-16-5-7-18-19(12-16)25-10-9-24-18/h4-7,11-12H,2-3,8-10,13H2,1H3,(H,21,23). The van der Waals surface area contributed by atoms with Crippen molar-refractivity contribution in [2.75, 3.05) is 36.5 Å². The number of carbonyl (C=O) groups excluding carboxylic acids is 1. The van der Waals surface area contributed by atoms with Crippen molar-refractivity contribution < 1.29 is 14.3 Å². The maximum absolute atomic E-state index is 12.5. The summed E-state index contributed by atoms with van der Waals surface area (Å²) in [5, 5.41) is 2.97. The SMILES string of the molecule is Cc1ccc2c(c1)CCCN2CC(=O)Nc1ccc2c(c1)OCCO2. The Morgan fingerprint density at radius 2 is 1.96 bits per heavy atom. The molecule has 4 rings (SSSR count). The minimum absolute atomic E-state index is 0.0231. The van der Waals surface area contributed by atoms with Gasteiger partial charge in [-0.25, -0.2) is 0 Å². The van der Waals surface area contributed by atoms with Crippen LogP contribution in [0.3, 0.4) is 0 Å². The highest BCUT2D eigenvalue weighted by Gasteiger charge is 2.19. The molecular weight excluding hydrogens is 316 g/mol. The van der Waals surface area contributed by atoms with E-state index in [2.05, 4.69) is 35.3 Å². The topological polar surface area (TPSA) is 50.8 Å². The number of nitrogens with zero attached hydrogens (tertiary/aromatic N) is 1. The maximum Gasteiger partial charge on any atom is 0.243 e. The Morgan fingerprint density at radius 1 is 1.12 bits per heavy atom. The van der Waals surface area contributed by atoms with E-state index in [4.69, 9.17) is 9.47 Å². The number of nitrogens with one attached hydrogen (secondary N) is 1. The number of hydrogen-bond donors (Lipinski definition) is 1. The first kappa shape index (κ1) is 15.8. The second-order valence-electron chi connectivity index (χ2n) is 6.56. The lowest BCUT2D eigenvalue weighted by Crippen LogP contribution is -2.36. The lowest BCUT2D eigenvalue weighted by molar-refractivity contribution is -0.115. The van der Waals surface area contributed by atoms with Gasteiger partial charge in [0.15, 0.2) is 11.5 Å². The molecule has 2 aliphatic heterocycles. The van der Waals surface area contributed by atoms with Crippen LogP contribution in [0.4, 0.5) is 11.4 Å². The fourth-order valence-electron chi connectivity index (χ4n) is 3.46. The molecule has 2 aromatic carbocycles. The first-order valence-corrected chi connectivity index (χ1v) is 8.73. The molecule has 0 saturated carbocycles. The molecule has 0 bridgehead atoms. The molecular formula is C20H22N2O3. The number of anilines is 2. The maximum atomic E-state index is 12.5. The number of amides is 1. The predicted octanol–water partition coefficient (Wildman–Crippen LogP) is 3.16. The van der Waals surface area contributed by atoms with Crippen molar-refractivity contribution >= 4 is 17.3 Å². The van der Waals surface area contributed by atoms with E-state index in [-0.39, 0.29) is 5.91 Å². The number of rotatable bonds is 3. The average molecular weight is 338 g/mol. The van der Waals surface area contributed by atoms with Gasteiger partial charge in [-0.2, -0.15) is 0 Å². The molecule has 5 nitrogen and oxygen atoms in total. The van der Waals surface area contributed by atoms with E-state index in [1.54, 1.807) is 0 Å². The molecule has 0 spiro atoms. The second-order valence-corrected chi connectivity index (χ2v) is 6.56. The summed E-state index contributed by atoms with van der Waals surface area (Å²) in [6.07, 6.45) is 2.16. The molecule has 2 heterocycles. The van der Waals surface area contributed by atoms with Gasteiger partial charge in [-0.15, -0.1) is 0 Å². The van der Waals surface area contributed by atoms with Crippen LogP contribution >= 0.6 is 0 Å². The van der Waals surface area contributed by atoms with Crippen LogP contribution in [0.15, 0.2) is 36.4 Å². The van der Waals surface area contributed by atoms with Gasteiger partial charge in [-0.3, -0.25) is 4.79 Å². The summed E-state index contributed by atoms with van der Waals surface area (Å²) in [6, 6.07) is 12.0. The Morgan fingerprint density at radius 3 is 2.84 bits per heavy atom. The lowest BCUT2D eigenvalue weighted by Gasteiger charge is -2.31. The van der Waals surface area contributed by atoms with Gasteiger partial charge in [0.1, 0.15) is 13.2 Å². The Labute approximate surface area is 147 Å². The molecule has 5 heteroatoms. The first-order valence-electron chi connectivity index (χ1n) is 8.73. The van der Waals surface area contributed by atoms with Gasteiger partial charge in [0.25, 0.3) is 0 Å². The third-order valence-electron chi connectivity index (χ3n) is 4.61. The largest absolute Gasteiger partial charge is 0.486 e. The quantitative estimate of drug-likeness (QED) is 0.934. The van der Waals surface area contributed by atoms with Crippen molar-refractivity contribution in [3.63, 3.8) is 0 Å². The summed E-state index contributed by atoms with van der Waals surface area (Å²) in [5.41, 5.74) is 4.50. The van der Waals surface area contributed by atoms with E-state index in [0.29, 0.717) is 25.5 Å². The minimum atomic E-state index is -0.0231. The lowest BCUT2D eigenvalue weighted by atomic mass is 9.99. The van der Waals surface area contributed by atoms with Gasteiger partial charge in [0.05, 0.1) is 6.54 Å². The first-order chi connectivity index (χ1) is 12.2. The zero-order valence-corrected chi connectivity index (χ0v) is 14.4. The third kappa shape index (κ3) is 3.40. The number of ether oxygens (including phenoxy) is 2. The van der Waals surface area contributed by atoms with E-state index < -0.39 is 0 Å². The number of benzene rings is 2. The molecule has 130 valence electrons. The van der Waals surface area contributed by atoms with Crippen molar-refractivity contribution in [2.45, 2.75) is 19.8 Å². The number of carbonyl (C=O) groups is 1. The molecule has 1 amide bonds. The molecule has 2 aromatic rings. The van der Waals surface area contributed by atoms with Crippen LogP contribution in [0.1, 0.15) is 17.5 Å². The summed E-state index contributed by atoms with van der Waals surface area (Å²) in [4.78, 5) is 14.7. The van der Waals surface area contributed by atoms with Gasteiger partial charge in [0.2, 0.25) is 5.91 Å². The zero-order valence-electron chi connectivity index (χ0n) is 14.4. The van der Waals surface area contributed by atoms with Crippen LogP contribution < -0.4 is 19.7 Å². The Kier molecular flexibility index (Phi) is 4.22. The molecule has 0 atom stereocenters. The number of hydrogen-bond acceptors (Lipinski definition) is 4. The van der Waals surface area contributed by atoms with Crippen LogP contribution in [-0.2, 0) is 11.2 Å².